The van der Waals surface area contributed by atoms with Crippen molar-refractivity contribution in [2.24, 2.45) is 5.92 Å². The third-order valence-electron chi connectivity index (χ3n) is 3.83. The van der Waals surface area contributed by atoms with Crippen molar-refractivity contribution in [3.8, 4) is 0 Å². The molecule has 0 radical (unpaired) electrons. The van der Waals surface area contributed by atoms with Crippen LogP contribution in [0, 0.1) is 5.92 Å². The number of hydrogen-bond acceptors (Lipinski definition) is 4. The predicted molar refractivity (Wildman–Crippen MR) is 87.9 cm³/mol. The highest BCUT2D eigenvalue weighted by atomic mass is 79.9. The van der Waals surface area contributed by atoms with E-state index in [4.69, 9.17) is 0 Å². The zero-order valence-electron chi connectivity index (χ0n) is 12.6. The number of halogens is 1. The van der Waals surface area contributed by atoms with Gasteiger partial charge in [-0.2, -0.15) is 4.31 Å². The fourth-order valence-corrected chi connectivity index (χ4v) is 5.07. The molecule has 0 aromatic carbocycles. The maximum Gasteiger partial charge on any atom is 0.247 e. The number of anilines is 1. The molecule has 1 aliphatic rings. The minimum atomic E-state index is -3.53. The molecule has 1 aliphatic heterocycles. The van der Waals surface area contributed by atoms with E-state index in [1.54, 1.807) is 16.6 Å². The Hall–Kier alpha value is -0.660. The molecule has 1 aromatic heterocycles. The number of nitrogens with one attached hydrogen (secondary N) is 1. The van der Waals surface area contributed by atoms with E-state index in [0.717, 1.165) is 12.8 Å². The molecule has 0 spiro atoms. The lowest BCUT2D eigenvalue weighted by Crippen LogP contribution is -2.44. The van der Waals surface area contributed by atoms with Gasteiger partial charge in [0, 0.05) is 29.8 Å². The molecule has 0 amide bonds. The number of piperidine rings is 1. The van der Waals surface area contributed by atoms with Gasteiger partial charge in [-0.05, 0) is 54.6 Å². The van der Waals surface area contributed by atoms with Crippen LogP contribution in [0.5, 0.6) is 0 Å². The fraction of sp³-hybridized carbons (Fsp3) is 0.643. The van der Waals surface area contributed by atoms with E-state index in [1.807, 2.05) is 13.8 Å². The summed E-state index contributed by atoms with van der Waals surface area (Å²) in [7, 11) is -3.53. The summed E-state index contributed by atoms with van der Waals surface area (Å²) >= 11 is 3.32. The number of sulfonamides is 1. The van der Waals surface area contributed by atoms with Crippen molar-refractivity contribution < 1.29 is 8.42 Å². The second kappa shape index (κ2) is 6.62. The number of nitrogens with zero attached hydrogens (tertiary/aromatic N) is 2. The molecule has 0 aliphatic carbocycles. The standard InChI is InChI=1S/C14H22BrN3O2S/c1-4-16-14-13(8-12(15)9-17-14)21(19,20)18-6-5-10(2)7-11(18)3/h8-11H,4-7H2,1-3H3,(H,16,17). The van der Waals surface area contributed by atoms with Crippen molar-refractivity contribution in [2.75, 3.05) is 18.4 Å². The van der Waals surface area contributed by atoms with Gasteiger partial charge in [0.1, 0.15) is 10.7 Å². The summed E-state index contributed by atoms with van der Waals surface area (Å²) in [5, 5.41) is 3.03. The lowest BCUT2D eigenvalue weighted by atomic mass is 9.95. The van der Waals surface area contributed by atoms with Crippen LogP contribution < -0.4 is 5.32 Å². The molecular formula is C14H22BrN3O2S. The van der Waals surface area contributed by atoms with Gasteiger partial charge in [-0.15, -0.1) is 0 Å². The highest BCUT2D eigenvalue weighted by Crippen LogP contribution is 2.31. The van der Waals surface area contributed by atoms with Gasteiger partial charge in [0.05, 0.1) is 0 Å². The molecule has 2 unspecified atom stereocenters. The van der Waals surface area contributed by atoms with Gasteiger partial charge in [-0.25, -0.2) is 13.4 Å². The van der Waals surface area contributed by atoms with Crippen LogP contribution in [0.3, 0.4) is 0 Å². The molecule has 2 rings (SSSR count). The Labute approximate surface area is 135 Å². The van der Waals surface area contributed by atoms with Crippen LogP contribution in [0.1, 0.15) is 33.6 Å². The van der Waals surface area contributed by atoms with Gasteiger partial charge in [-0.3, -0.25) is 0 Å². The van der Waals surface area contributed by atoms with E-state index in [2.05, 4.69) is 33.2 Å². The van der Waals surface area contributed by atoms with E-state index in [1.165, 1.54) is 0 Å². The van der Waals surface area contributed by atoms with Crippen LogP contribution in [-0.4, -0.2) is 36.8 Å². The van der Waals surface area contributed by atoms with Gasteiger partial charge in [-0.1, -0.05) is 6.92 Å². The van der Waals surface area contributed by atoms with Crippen LogP contribution >= 0.6 is 15.9 Å². The van der Waals surface area contributed by atoms with Crippen LogP contribution in [0.2, 0.25) is 0 Å². The summed E-state index contributed by atoms with van der Waals surface area (Å²) < 4.78 is 28.2. The highest BCUT2D eigenvalue weighted by molar-refractivity contribution is 9.10. The molecule has 1 aromatic rings. The third-order valence-corrected chi connectivity index (χ3v) is 6.29. The summed E-state index contributed by atoms with van der Waals surface area (Å²) in [6.07, 6.45) is 3.41. The normalized spacial score (nSPS) is 24.0. The first kappa shape index (κ1) is 16.7. The Bertz CT molecular complexity index is 606. The van der Waals surface area contributed by atoms with Crippen molar-refractivity contribution in [1.82, 2.24) is 9.29 Å². The Morgan fingerprint density at radius 3 is 2.81 bits per heavy atom. The third kappa shape index (κ3) is 3.57. The van der Waals surface area contributed by atoms with Gasteiger partial charge in [0.15, 0.2) is 0 Å². The average molecular weight is 376 g/mol. The lowest BCUT2D eigenvalue weighted by Gasteiger charge is -2.35. The maximum atomic E-state index is 13.0. The molecule has 21 heavy (non-hydrogen) atoms. The summed E-state index contributed by atoms with van der Waals surface area (Å²) in [6.45, 7) is 7.27. The van der Waals surface area contributed by atoms with E-state index >= 15 is 0 Å². The number of hydrogen-bond donors (Lipinski definition) is 1. The van der Waals surface area contributed by atoms with Gasteiger partial charge < -0.3 is 5.32 Å². The summed E-state index contributed by atoms with van der Waals surface area (Å²) in [5.41, 5.74) is 0. The zero-order valence-corrected chi connectivity index (χ0v) is 15.0. The van der Waals surface area contributed by atoms with Crippen molar-refractivity contribution >= 4 is 31.8 Å². The van der Waals surface area contributed by atoms with E-state index in [0.29, 0.717) is 29.3 Å². The van der Waals surface area contributed by atoms with Crippen LogP contribution in [0.25, 0.3) is 0 Å². The Kier molecular flexibility index (Phi) is 5.27. The molecule has 0 bridgehead atoms. The molecule has 2 heterocycles. The first-order valence-electron chi connectivity index (χ1n) is 7.27. The van der Waals surface area contributed by atoms with Gasteiger partial charge in [0.2, 0.25) is 10.0 Å². The van der Waals surface area contributed by atoms with Crippen LogP contribution in [0.15, 0.2) is 21.6 Å². The van der Waals surface area contributed by atoms with Crippen molar-refractivity contribution in [3.05, 3.63) is 16.7 Å². The number of rotatable bonds is 4. The summed E-state index contributed by atoms with van der Waals surface area (Å²) in [5.74, 6) is 0.992. The van der Waals surface area contributed by atoms with Crippen LogP contribution in [0.4, 0.5) is 5.82 Å². The van der Waals surface area contributed by atoms with E-state index in [-0.39, 0.29) is 10.9 Å². The first-order chi connectivity index (χ1) is 9.86. The SMILES string of the molecule is CCNc1ncc(Br)cc1S(=O)(=O)N1CCC(C)CC1C. The molecule has 118 valence electrons. The molecule has 5 nitrogen and oxygen atoms in total. The second-order valence-electron chi connectivity index (χ2n) is 5.62. The van der Waals surface area contributed by atoms with Gasteiger partial charge in [0.25, 0.3) is 0 Å². The average Bonchev–Trinajstić information content (AvgIpc) is 2.40. The number of pyridine rings is 1. The van der Waals surface area contributed by atoms with E-state index in [9.17, 15) is 8.42 Å². The maximum absolute atomic E-state index is 13.0. The molecule has 1 N–H and O–H groups in total. The molecule has 0 saturated carbocycles. The van der Waals surface area contributed by atoms with Crippen molar-refractivity contribution in [3.63, 3.8) is 0 Å². The van der Waals surface area contributed by atoms with E-state index < -0.39 is 10.0 Å². The molecule has 2 atom stereocenters. The molecule has 1 fully saturated rings. The summed E-state index contributed by atoms with van der Waals surface area (Å²) in [6, 6.07) is 1.65. The quantitative estimate of drug-likeness (QED) is 0.877. The second-order valence-corrected chi connectivity index (χ2v) is 8.40. The molecule has 7 heteroatoms. The Balaban J connectivity index is 2.41. The largest absolute Gasteiger partial charge is 0.369 e. The number of aromatic nitrogens is 1. The highest BCUT2D eigenvalue weighted by Gasteiger charge is 2.35. The summed E-state index contributed by atoms with van der Waals surface area (Å²) in [4.78, 5) is 4.46. The van der Waals surface area contributed by atoms with Crippen molar-refractivity contribution in [2.45, 2.75) is 44.6 Å². The minimum absolute atomic E-state index is 0.0206. The zero-order chi connectivity index (χ0) is 15.6. The molecular weight excluding hydrogens is 354 g/mol. The smallest absolute Gasteiger partial charge is 0.247 e. The first-order valence-corrected chi connectivity index (χ1v) is 9.50. The predicted octanol–water partition coefficient (Wildman–Crippen LogP) is 3.09. The fourth-order valence-electron chi connectivity index (χ4n) is 2.79. The topological polar surface area (TPSA) is 62.3 Å². The molecule has 1 saturated heterocycles. The Morgan fingerprint density at radius 1 is 1.48 bits per heavy atom. The van der Waals surface area contributed by atoms with Gasteiger partial charge >= 0.3 is 0 Å². The minimum Gasteiger partial charge on any atom is -0.369 e. The monoisotopic (exact) mass is 375 g/mol. The van der Waals surface area contributed by atoms with Crippen molar-refractivity contribution in [1.29, 1.82) is 0 Å². The lowest BCUT2D eigenvalue weighted by molar-refractivity contribution is 0.220. The van der Waals surface area contributed by atoms with Crippen LogP contribution in [-0.2, 0) is 10.0 Å². The Morgan fingerprint density at radius 2 is 2.19 bits per heavy atom.